The smallest absolute Gasteiger partial charge is 0.339 e. The summed E-state index contributed by atoms with van der Waals surface area (Å²) >= 11 is 0. The maximum Gasteiger partial charge on any atom is 0.339 e. The molecule has 0 radical (unpaired) electrons. The maximum absolute atomic E-state index is 14.1. The molecule has 3 aromatic rings. The van der Waals surface area contributed by atoms with Crippen LogP contribution in [-0.4, -0.2) is 94.1 Å². The number of fused-ring (bicyclic) bond motifs is 7. The molecule has 1 saturated heterocycles. The van der Waals surface area contributed by atoms with E-state index in [-0.39, 0.29) is 43.9 Å². The molecule has 55 heavy (non-hydrogen) atoms. The number of hydrogen-bond acceptors (Lipinski definition) is 13. The molecule has 2 aromatic heterocycles. The van der Waals surface area contributed by atoms with Crippen molar-refractivity contribution in [1.29, 1.82) is 0 Å². The van der Waals surface area contributed by atoms with Crippen LogP contribution in [0.15, 0.2) is 63.0 Å². The number of allylic oxidation sites excluding steroid dienone is 1. The predicted octanol–water partition coefficient (Wildman–Crippen LogP) is 4.34. The average molecular weight is 791 g/mol. The van der Waals surface area contributed by atoms with Gasteiger partial charge in [-0.25, -0.2) is 14.6 Å². The highest BCUT2D eigenvalue weighted by Crippen LogP contribution is 2.58. The number of aliphatic hydroxyl groups is 2. The van der Waals surface area contributed by atoms with Gasteiger partial charge in [0.15, 0.2) is 11.2 Å². The van der Waals surface area contributed by atoms with Crippen LogP contribution in [-0.2, 0) is 33.6 Å². The molecule has 3 aliphatic heterocycles. The lowest BCUT2D eigenvalue weighted by Crippen LogP contribution is -2.64. The lowest BCUT2D eigenvalue weighted by molar-refractivity contribution is -0.183. The zero-order chi connectivity index (χ0) is 39.1. The molecule has 1 amide bonds. The lowest BCUT2D eigenvalue weighted by atomic mass is 9.61. The average Bonchev–Trinajstić information content (AvgIpc) is 3.52. The van der Waals surface area contributed by atoms with Gasteiger partial charge in [-0.15, -0.1) is 0 Å². The number of carbonyl (C=O) groups excluding carboxylic acids is 2. The highest BCUT2D eigenvalue weighted by atomic mass is 33.1. The molecule has 1 spiro atoms. The summed E-state index contributed by atoms with van der Waals surface area (Å²) in [7, 11) is 5.45. The second kappa shape index (κ2) is 16.0. The molecule has 1 fully saturated rings. The number of aliphatic hydroxyl groups excluding tert-OH is 2. The largest absolute Gasteiger partial charge is 0.481 e. The molecule has 14 heteroatoms. The summed E-state index contributed by atoms with van der Waals surface area (Å²) in [4.78, 5) is 47.4. The van der Waals surface area contributed by atoms with Crippen molar-refractivity contribution in [2.45, 2.75) is 76.0 Å². The number of ether oxygens (including phenoxy) is 2. The number of nitrogens with one attached hydrogen (secondary N) is 1. The topological polar surface area (TPSA) is 177 Å². The first kappa shape index (κ1) is 39.4. The van der Waals surface area contributed by atoms with Gasteiger partial charge in [0.1, 0.15) is 17.2 Å². The molecule has 6 unspecified atom stereocenters. The second-order valence-corrected chi connectivity index (χ2v) is 18.0. The number of rotatable bonds is 9. The molecule has 12 nitrogen and oxygen atoms in total. The van der Waals surface area contributed by atoms with Crippen molar-refractivity contribution in [3.63, 3.8) is 0 Å². The minimum Gasteiger partial charge on any atom is -0.481 e. The van der Waals surface area contributed by atoms with Gasteiger partial charge < -0.3 is 40.1 Å². The van der Waals surface area contributed by atoms with E-state index in [4.69, 9.17) is 19.6 Å². The van der Waals surface area contributed by atoms with Crippen LogP contribution in [0.2, 0.25) is 0 Å². The van der Waals surface area contributed by atoms with Crippen LogP contribution in [0.5, 0.6) is 5.75 Å². The first-order valence-electron chi connectivity index (χ1n) is 18.9. The molecule has 0 saturated carbocycles. The molecule has 4 aliphatic rings. The molecule has 0 bridgehead atoms. The third-order valence-corrected chi connectivity index (χ3v) is 14.4. The fourth-order valence-electron chi connectivity index (χ4n) is 8.71. The Morgan fingerprint density at radius 2 is 2.04 bits per heavy atom. The first-order valence-corrected chi connectivity index (χ1v) is 21.4. The van der Waals surface area contributed by atoms with Crippen molar-refractivity contribution in [2.24, 2.45) is 11.8 Å². The molecular weight excluding hydrogens is 741 g/mol. The maximum atomic E-state index is 14.1. The van der Waals surface area contributed by atoms with Gasteiger partial charge in [0.2, 0.25) is 5.91 Å². The van der Waals surface area contributed by atoms with E-state index in [1.165, 1.54) is 0 Å². The van der Waals surface area contributed by atoms with E-state index in [1.54, 1.807) is 59.8 Å². The Morgan fingerprint density at radius 3 is 2.78 bits per heavy atom. The van der Waals surface area contributed by atoms with Gasteiger partial charge >= 0.3 is 11.6 Å². The monoisotopic (exact) mass is 790 g/mol. The van der Waals surface area contributed by atoms with Crippen LogP contribution in [0.4, 0.5) is 5.82 Å². The fraction of sp³-hybridized carbons (Fsp3) is 0.512. The van der Waals surface area contributed by atoms with E-state index in [1.807, 2.05) is 31.0 Å². The highest BCUT2D eigenvalue weighted by Gasteiger charge is 2.64. The molecule has 5 N–H and O–H groups in total. The quantitative estimate of drug-likeness (QED) is 0.0793. The van der Waals surface area contributed by atoms with Crippen molar-refractivity contribution >= 4 is 50.3 Å². The number of anilines is 1. The van der Waals surface area contributed by atoms with E-state index >= 15 is 0 Å². The number of pyridine rings is 1. The number of aromatic nitrogens is 1. The summed E-state index contributed by atoms with van der Waals surface area (Å²) in [5, 5.41) is 23.3. The van der Waals surface area contributed by atoms with Crippen LogP contribution < -0.4 is 21.4 Å². The third kappa shape index (κ3) is 7.32. The number of amides is 1. The Bertz CT molecular complexity index is 2100. The van der Waals surface area contributed by atoms with Gasteiger partial charge in [0.25, 0.3) is 0 Å². The van der Waals surface area contributed by atoms with Crippen molar-refractivity contribution in [3.8, 4) is 5.75 Å². The van der Waals surface area contributed by atoms with Gasteiger partial charge in [-0.1, -0.05) is 39.3 Å². The van der Waals surface area contributed by atoms with Crippen molar-refractivity contribution in [3.05, 3.63) is 86.4 Å². The number of benzene rings is 1. The molecular formula is C41H50N4O8S2. The Hall–Kier alpha value is -3.82. The number of nitrogens with zero attached hydrogens (tertiary/aromatic N) is 2. The minimum atomic E-state index is -1.20. The predicted molar refractivity (Wildman–Crippen MR) is 215 cm³/mol. The fourth-order valence-corrected chi connectivity index (χ4v) is 11.3. The highest BCUT2D eigenvalue weighted by molar-refractivity contribution is 8.76. The summed E-state index contributed by atoms with van der Waals surface area (Å²) in [6.45, 7) is 6.71. The lowest BCUT2D eigenvalue weighted by Gasteiger charge is -2.52. The van der Waals surface area contributed by atoms with Crippen LogP contribution >= 0.6 is 21.6 Å². The normalized spacial score (nSPS) is 27.1. The van der Waals surface area contributed by atoms with Gasteiger partial charge in [0.05, 0.1) is 12.3 Å². The van der Waals surface area contributed by atoms with Gasteiger partial charge in [-0.3, -0.25) is 4.79 Å². The Morgan fingerprint density at radius 1 is 1.22 bits per heavy atom. The molecule has 7 rings (SSSR count). The van der Waals surface area contributed by atoms with E-state index < -0.39 is 28.7 Å². The number of esters is 1. The molecule has 1 aliphatic carbocycles. The van der Waals surface area contributed by atoms with E-state index in [2.05, 4.69) is 16.4 Å². The second-order valence-electron chi connectivity index (χ2n) is 15.5. The van der Waals surface area contributed by atoms with Crippen LogP contribution in [0, 0.1) is 11.8 Å². The zero-order valence-electron chi connectivity index (χ0n) is 31.8. The van der Waals surface area contributed by atoms with E-state index in [0.29, 0.717) is 71.2 Å². The summed E-state index contributed by atoms with van der Waals surface area (Å²) in [6, 6.07) is 7.45. The minimum absolute atomic E-state index is 0.0276. The van der Waals surface area contributed by atoms with Crippen LogP contribution in [0.1, 0.15) is 61.8 Å². The SMILES string of the molecule is CC=C(C)C(=O)OC1(C)CC=C2CSSCC3C(CNC)CN3C(=O)Cc3cnc(N)cc3C2C12Cc1cc3cc(CC(CO)CCO)c(=O)oc3cc1O2. The van der Waals surface area contributed by atoms with Gasteiger partial charge in [-0.05, 0) is 81.5 Å². The summed E-state index contributed by atoms with van der Waals surface area (Å²) < 4.78 is 19.6. The number of nitrogens with two attached hydrogens (primary N) is 1. The number of hydrogen-bond donors (Lipinski definition) is 4. The van der Waals surface area contributed by atoms with E-state index in [9.17, 15) is 24.6 Å². The van der Waals surface area contributed by atoms with E-state index in [0.717, 1.165) is 34.6 Å². The first-order chi connectivity index (χ1) is 26.4. The summed E-state index contributed by atoms with van der Waals surface area (Å²) in [6.07, 6.45) is 7.05. The standard InChI is InChI=1S/C41H50N4O8S2/c1-5-23(2)38(49)53-40(3)8-6-25-21-54-55-22-32-30(17-43-4)19-45(32)36(48)13-29-18-44-35(42)14-31(29)37(25)41(40)16-28-12-26-11-27(10-24(20-47)7-9-46)39(50)51-33(26)15-34(28)52-41/h5-6,11-12,14-15,18,24,30,32,37,43,46-47H,7-10,13,16-17,19-22H2,1-4H3,(H2,42,44). The molecule has 1 aromatic carbocycles. The number of carbonyl (C=O) groups is 2. The van der Waals surface area contributed by atoms with Gasteiger partial charge in [0, 0.05) is 91.4 Å². The Labute approximate surface area is 328 Å². The van der Waals surface area contributed by atoms with Crippen LogP contribution in [0.3, 0.4) is 0 Å². The zero-order valence-corrected chi connectivity index (χ0v) is 33.4. The molecule has 6 atom stereocenters. The van der Waals surface area contributed by atoms with Crippen molar-refractivity contribution < 1.29 is 33.7 Å². The van der Waals surface area contributed by atoms with Crippen molar-refractivity contribution in [2.75, 3.05) is 50.6 Å². The Kier molecular flexibility index (Phi) is 11.4. The third-order valence-electron chi connectivity index (χ3n) is 12.0. The number of nitrogen functional groups attached to an aromatic ring is 1. The molecule has 5 heterocycles. The van der Waals surface area contributed by atoms with Crippen molar-refractivity contribution in [1.82, 2.24) is 15.2 Å². The van der Waals surface area contributed by atoms with Crippen LogP contribution in [0.25, 0.3) is 11.0 Å². The summed E-state index contributed by atoms with van der Waals surface area (Å²) in [5.41, 5.74) is 8.23. The molecule has 294 valence electrons. The Balaban J connectivity index is 1.36. The van der Waals surface area contributed by atoms with Gasteiger partial charge in [-0.2, -0.15) is 0 Å². The summed E-state index contributed by atoms with van der Waals surface area (Å²) in [5.74, 6) is 1.44.